The summed E-state index contributed by atoms with van der Waals surface area (Å²) in [6, 6.07) is 15.8. The van der Waals surface area contributed by atoms with Crippen LogP contribution in [-0.4, -0.2) is 42.2 Å². The number of nitrogens with two attached hydrogens (primary N) is 1. The SMILES string of the molecule is N[C@@H]1CCN(C2CCC(N[C@H]3C[C@@H]3c3ccc(-c4cccc(C(F)(F)F)c4)cc3)CC2)C1. The molecular weight excluding hydrogens is 411 g/mol. The molecule has 3 atom stereocenters. The maximum Gasteiger partial charge on any atom is 0.416 e. The lowest BCUT2D eigenvalue weighted by molar-refractivity contribution is -0.137. The maximum atomic E-state index is 13.0. The van der Waals surface area contributed by atoms with Crippen molar-refractivity contribution in [1.29, 1.82) is 0 Å². The smallest absolute Gasteiger partial charge is 0.326 e. The third-order valence-electron chi connectivity index (χ3n) is 7.57. The summed E-state index contributed by atoms with van der Waals surface area (Å²) in [5, 5.41) is 3.86. The molecule has 2 aromatic carbocycles. The summed E-state index contributed by atoms with van der Waals surface area (Å²) in [6.45, 7) is 2.22. The van der Waals surface area contributed by atoms with Crippen LogP contribution in [0.1, 0.15) is 55.6 Å². The van der Waals surface area contributed by atoms with E-state index in [0.29, 0.717) is 35.6 Å². The Labute approximate surface area is 188 Å². The minimum atomic E-state index is -4.32. The van der Waals surface area contributed by atoms with Crippen molar-refractivity contribution in [2.24, 2.45) is 5.73 Å². The van der Waals surface area contributed by atoms with Crippen LogP contribution in [0.15, 0.2) is 48.5 Å². The van der Waals surface area contributed by atoms with E-state index in [0.717, 1.165) is 37.6 Å². The van der Waals surface area contributed by atoms with Gasteiger partial charge in [0.2, 0.25) is 0 Å². The molecule has 172 valence electrons. The molecule has 6 heteroatoms. The van der Waals surface area contributed by atoms with Gasteiger partial charge in [0.05, 0.1) is 5.56 Å². The number of hydrogen-bond acceptors (Lipinski definition) is 3. The second kappa shape index (κ2) is 8.81. The zero-order valence-corrected chi connectivity index (χ0v) is 18.3. The van der Waals surface area contributed by atoms with Gasteiger partial charge in [0, 0.05) is 43.2 Å². The van der Waals surface area contributed by atoms with Gasteiger partial charge >= 0.3 is 6.18 Å². The number of benzene rings is 2. The second-order valence-electron chi connectivity index (χ2n) is 9.87. The minimum absolute atomic E-state index is 0.359. The molecule has 3 fully saturated rings. The largest absolute Gasteiger partial charge is 0.416 e. The Morgan fingerprint density at radius 1 is 0.906 bits per heavy atom. The van der Waals surface area contributed by atoms with Crippen LogP contribution in [0, 0.1) is 0 Å². The van der Waals surface area contributed by atoms with E-state index in [1.54, 1.807) is 6.07 Å². The average Bonchev–Trinajstić information content (AvgIpc) is 3.42. The van der Waals surface area contributed by atoms with E-state index in [2.05, 4.69) is 22.3 Å². The zero-order valence-electron chi connectivity index (χ0n) is 18.3. The Balaban J connectivity index is 1.13. The van der Waals surface area contributed by atoms with Crippen molar-refractivity contribution >= 4 is 0 Å². The fraction of sp³-hybridized carbons (Fsp3) is 0.538. The topological polar surface area (TPSA) is 41.3 Å². The van der Waals surface area contributed by atoms with E-state index in [4.69, 9.17) is 5.73 Å². The molecule has 5 rings (SSSR count). The normalized spacial score (nSPS) is 31.1. The maximum absolute atomic E-state index is 13.0. The summed E-state index contributed by atoms with van der Waals surface area (Å²) < 4.78 is 39.0. The summed E-state index contributed by atoms with van der Waals surface area (Å²) in [7, 11) is 0. The Hall–Kier alpha value is -1.89. The van der Waals surface area contributed by atoms with Gasteiger partial charge in [-0.05, 0) is 67.3 Å². The first-order chi connectivity index (χ1) is 15.4. The van der Waals surface area contributed by atoms with Crippen LogP contribution < -0.4 is 11.1 Å². The summed E-state index contributed by atoms with van der Waals surface area (Å²) in [5.41, 5.74) is 8.17. The van der Waals surface area contributed by atoms with Gasteiger partial charge in [-0.2, -0.15) is 13.2 Å². The lowest BCUT2D eigenvalue weighted by Crippen LogP contribution is -2.43. The molecule has 0 spiro atoms. The van der Waals surface area contributed by atoms with Gasteiger partial charge in [-0.1, -0.05) is 36.4 Å². The van der Waals surface area contributed by atoms with Gasteiger partial charge in [-0.25, -0.2) is 0 Å². The van der Waals surface area contributed by atoms with E-state index in [9.17, 15) is 13.2 Å². The number of halogens is 3. The van der Waals surface area contributed by atoms with Crippen LogP contribution in [0.3, 0.4) is 0 Å². The zero-order chi connectivity index (χ0) is 22.3. The van der Waals surface area contributed by atoms with Gasteiger partial charge in [0.25, 0.3) is 0 Å². The molecule has 3 aliphatic rings. The molecule has 2 aliphatic carbocycles. The Morgan fingerprint density at radius 3 is 2.31 bits per heavy atom. The number of nitrogens with one attached hydrogen (secondary N) is 1. The van der Waals surface area contributed by atoms with Crippen LogP contribution in [-0.2, 0) is 6.18 Å². The quantitative estimate of drug-likeness (QED) is 0.671. The molecular formula is C26H32F3N3. The van der Waals surface area contributed by atoms with Crippen LogP contribution >= 0.6 is 0 Å². The van der Waals surface area contributed by atoms with E-state index in [1.165, 1.54) is 43.4 Å². The van der Waals surface area contributed by atoms with Gasteiger partial charge in [0.15, 0.2) is 0 Å². The minimum Gasteiger partial charge on any atom is -0.326 e. The molecule has 1 aliphatic heterocycles. The van der Waals surface area contributed by atoms with Crippen molar-refractivity contribution in [1.82, 2.24) is 10.2 Å². The molecule has 0 amide bonds. The average molecular weight is 444 g/mol. The fourth-order valence-electron chi connectivity index (χ4n) is 5.60. The fourth-order valence-corrected chi connectivity index (χ4v) is 5.60. The summed E-state index contributed by atoms with van der Waals surface area (Å²) in [4.78, 5) is 2.59. The van der Waals surface area contributed by atoms with Crippen molar-refractivity contribution in [3.8, 4) is 11.1 Å². The molecule has 2 saturated carbocycles. The monoisotopic (exact) mass is 443 g/mol. The molecule has 1 heterocycles. The second-order valence-corrected chi connectivity index (χ2v) is 9.87. The Morgan fingerprint density at radius 2 is 1.66 bits per heavy atom. The number of likely N-dealkylation sites (tertiary alicyclic amines) is 1. The highest BCUT2D eigenvalue weighted by Crippen LogP contribution is 2.42. The van der Waals surface area contributed by atoms with Crippen molar-refractivity contribution < 1.29 is 13.2 Å². The first-order valence-electron chi connectivity index (χ1n) is 11.9. The standard InChI is InChI=1S/C26H32F3N3/c27-26(28,29)20-3-1-2-19(14-20)17-4-6-18(7-5-17)24-15-25(24)31-22-8-10-23(11-9-22)32-13-12-21(30)16-32/h1-7,14,21-25,31H,8-13,15-16,30H2/t21-,22?,23?,24-,25+/m1/s1. The third kappa shape index (κ3) is 4.87. The highest BCUT2D eigenvalue weighted by Gasteiger charge is 2.40. The third-order valence-corrected chi connectivity index (χ3v) is 7.57. The number of nitrogens with zero attached hydrogens (tertiary/aromatic N) is 1. The first-order valence-corrected chi connectivity index (χ1v) is 11.9. The van der Waals surface area contributed by atoms with Gasteiger partial charge in [-0.3, -0.25) is 4.90 Å². The highest BCUT2D eigenvalue weighted by molar-refractivity contribution is 5.65. The van der Waals surface area contributed by atoms with Crippen molar-refractivity contribution in [2.75, 3.05) is 13.1 Å². The molecule has 3 N–H and O–H groups in total. The van der Waals surface area contributed by atoms with Crippen molar-refractivity contribution in [3.63, 3.8) is 0 Å². The predicted molar refractivity (Wildman–Crippen MR) is 121 cm³/mol. The van der Waals surface area contributed by atoms with Crippen LogP contribution in [0.5, 0.6) is 0 Å². The first kappa shape index (κ1) is 21.9. The van der Waals surface area contributed by atoms with E-state index in [-0.39, 0.29) is 0 Å². The van der Waals surface area contributed by atoms with Crippen molar-refractivity contribution in [2.45, 2.75) is 74.8 Å². The number of alkyl halides is 3. The highest BCUT2D eigenvalue weighted by atomic mass is 19.4. The molecule has 32 heavy (non-hydrogen) atoms. The van der Waals surface area contributed by atoms with Crippen LogP contribution in [0.2, 0.25) is 0 Å². The predicted octanol–water partition coefficient (Wildman–Crippen LogP) is 5.16. The van der Waals surface area contributed by atoms with E-state index < -0.39 is 11.7 Å². The molecule has 0 unspecified atom stereocenters. The molecule has 0 aromatic heterocycles. The van der Waals surface area contributed by atoms with Crippen LogP contribution in [0.25, 0.3) is 11.1 Å². The van der Waals surface area contributed by atoms with E-state index in [1.807, 2.05) is 12.1 Å². The lowest BCUT2D eigenvalue weighted by atomic mass is 9.90. The molecule has 1 saturated heterocycles. The molecule has 2 aromatic rings. The number of hydrogen-bond donors (Lipinski definition) is 2. The van der Waals surface area contributed by atoms with Gasteiger partial charge in [0.1, 0.15) is 0 Å². The van der Waals surface area contributed by atoms with Crippen LogP contribution in [0.4, 0.5) is 13.2 Å². The van der Waals surface area contributed by atoms with Gasteiger partial charge in [-0.15, -0.1) is 0 Å². The number of rotatable bonds is 5. The molecule has 0 bridgehead atoms. The summed E-state index contributed by atoms with van der Waals surface area (Å²) >= 11 is 0. The van der Waals surface area contributed by atoms with Crippen molar-refractivity contribution in [3.05, 3.63) is 59.7 Å². The summed E-state index contributed by atoms with van der Waals surface area (Å²) in [5.74, 6) is 0.514. The lowest BCUT2D eigenvalue weighted by Gasteiger charge is -2.35. The Bertz CT molecular complexity index is 919. The molecule has 3 nitrogen and oxygen atoms in total. The van der Waals surface area contributed by atoms with E-state index >= 15 is 0 Å². The molecule has 0 radical (unpaired) electrons. The summed E-state index contributed by atoms with van der Waals surface area (Å²) in [6.07, 6.45) is 2.94. The van der Waals surface area contributed by atoms with Gasteiger partial charge < -0.3 is 11.1 Å². The Kier molecular flexibility index (Phi) is 6.03.